The smallest absolute Gasteiger partial charge is 0.0562 e. The predicted molar refractivity (Wildman–Crippen MR) is 93.0 cm³/mol. The van der Waals surface area contributed by atoms with E-state index in [0.717, 1.165) is 26.5 Å². The van der Waals surface area contributed by atoms with Gasteiger partial charge in [0.15, 0.2) is 0 Å². The first-order valence-electron chi connectivity index (χ1n) is 6.83. The molecule has 0 radical (unpaired) electrons. The Hall–Kier alpha value is -0.640. The highest BCUT2D eigenvalue weighted by Gasteiger charge is 2.13. The largest absolute Gasteiger partial charge is 0.320 e. The number of benzene rings is 2. The first-order valence-corrected chi connectivity index (χ1v) is 8.42. The molecule has 2 N–H and O–H groups in total. The summed E-state index contributed by atoms with van der Waals surface area (Å²) < 4.78 is 2.08. The van der Waals surface area contributed by atoms with E-state index in [0.29, 0.717) is 5.92 Å². The van der Waals surface area contributed by atoms with E-state index in [4.69, 9.17) is 5.73 Å². The second-order valence-corrected chi connectivity index (χ2v) is 6.89. The van der Waals surface area contributed by atoms with Gasteiger partial charge in [-0.1, -0.05) is 76.0 Å². The Morgan fingerprint density at radius 1 is 1.00 bits per heavy atom. The van der Waals surface area contributed by atoms with E-state index in [9.17, 15) is 0 Å². The minimum Gasteiger partial charge on any atom is -0.320 e. The molecule has 2 atom stereocenters. The molecule has 3 heteroatoms. The van der Waals surface area contributed by atoms with Crippen LogP contribution in [0.25, 0.3) is 0 Å². The number of hydrogen-bond acceptors (Lipinski definition) is 1. The van der Waals surface area contributed by atoms with Gasteiger partial charge in [0.05, 0.1) is 6.04 Å². The summed E-state index contributed by atoms with van der Waals surface area (Å²) in [7, 11) is 0. The van der Waals surface area contributed by atoms with Crippen molar-refractivity contribution in [2.45, 2.75) is 32.2 Å². The van der Waals surface area contributed by atoms with Gasteiger partial charge in [-0.05, 0) is 41.2 Å². The molecule has 0 spiro atoms. The lowest BCUT2D eigenvalue weighted by Crippen LogP contribution is -2.12. The van der Waals surface area contributed by atoms with Crippen LogP contribution in [0.4, 0.5) is 0 Å². The highest BCUT2D eigenvalue weighted by atomic mass is 79.9. The van der Waals surface area contributed by atoms with Gasteiger partial charge in [0.1, 0.15) is 0 Å². The standard InChI is InChI=1S/C17H19Br2N/c1-3-11(2)12-4-6-13(7-5-12)17(20)15-9-8-14(18)10-16(15)19/h4-11,17H,3,20H2,1-2H3. The molecular weight excluding hydrogens is 378 g/mol. The third-order valence-corrected chi connectivity index (χ3v) is 4.95. The van der Waals surface area contributed by atoms with E-state index >= 15 is 0 Å². The zero-order valence-electron chi connectivity index (χ0n) is 11.7. The minimum atomic E-state index is -0.108. The molecule has 0 aliphatic heterocycles. The molecule has 2 rings (SSSR count). The molecule has 0 saturated carbocycles. The summed E-state index contributed by atoms with van der Waals surface area (Å²) >= 11 is 7.05. The van der Waals surface area contributed by atoms with Crippen LogP contribution in [0.5, 0.6) is 0 Å². The molecule has 0 bridgehead atoms. The fourth-order valence-electron chi connectivity index (χ4n) is 2.20. The Morgan fingerprint density at radius 2 is 1.60 bits per heavy atom. The van der Waals surface area contributed by atoms with Gasteiger partial charge in [-0.3, -0.25) is 0 Å². The Labute approximate surface area is 137 Å². The highest BCUT2D eigenvalue weighted by molar-refractivity contribution is 9.11. The SMILES string of the molecule is CCC(C)c1ccc(C(N)c2ccc(Br)cc2Br)cc1. The normalized spacial score (nSPS) is 14.1. The average Bonchev–Trinajstić information content (AvgIpc) is 2.46. The van der Waals surface area contributed by atoms with Gasteiger partial charge in [-0.2, -0.15) is 0 Å². The summed E-state index contributed by atoms with van der Waals surface area (Å²) in [6, 6.07) is 14.7. The molecule has 0 amide bonds. The summed E-state index contributed by atoms with van der Waals surface area (Å²) in [5.74, 6) is 0.597. The quantitative estimate of drug-likeness (QED) is 0.696. The Bertz CT molecular complexity index is 578. The summed E-state index contributed by atoms with van der Waals surface area (Å²) in [5.41, 5.74) is 9.99. The molecule has 20 heavy (non-hydrogen) atoms. The van der Waals surface area contributed by atoms with Gasteiger partial charge in [-0.15, -0.1) is 0 Å². The van der Waals surface area contributed by atoms with Crippen LogP contribution < -0.4 is 5.73 Å². The van der Waals surface area contributed by atoms with Crippen molar-refractivity contribution in [3.8, 4) is 0 Å². The Balaban J connectivity index is 2.26. The van der Waals surface area contributed by atoms with E-state index in [-0.39, 0.29) is 6.04 Å². The zero-order chi connectivity index (χ0) is 14.7. The molecule has 0 aliphatic carbocycles. The van der Waals surface area contributed by atoms with E-state index in [2.05, 4.69) is 76.0 Å². The molecule has 2 aromatic rings. The van der Waals surface area contributed by atoms with Crippen molar-refractivity contribution in [3.05, 3.63) is 68.1 Å². The van der Waals surface area contributed by atoms with Crippen molar-refractivity contribution in [1.29, 1.82) is 0 Å². The van der Waals surface area contributed by atoms with Crippen molar-refractivity contribution in [2.75, 3.05) is 0 Å². The second kappa shape index (κ2) is 6.88. The molecule has 1 nitrogen and oxygen atoms in total. The Morgan fingerprint density at radius 3 is 2.15 bits per heavy atom. The average molecular weight is 397 g/mol. The maximum atomic E-state index is 6.38. The van der Waals surface area contributed by atoms with E-state index in [1.807, 2.05) is 12.1 Å². The number of halogens is 2. The number of hydrogen-bond donors (Lipinski definition) is 1. The van der Waals surface area contributed by atoms with E-state index in [1.54, 1.807) is 0 Å². The third kappa shape index (κ3) is 3.51. The molecule has 2 aromatic carbocycles. The first kappa shape index (κ1) is 15.7. The van der Waals surface area contributed by atoms with Gasteiger partial charge in [-0.25, -0.2) is 0 Å². The van der Waals surface area contributed by atoms with Crippen LogP contribution in [0.1, 0.15) is 48.9 Å². The van der Waals surface area contributed by atoms with Crippen LogP contribution in [0.2, 0.25) is 0 Å². The number of rotatable bonds is 4. The lowest BCUT2D eigenvalue weighted by atomic mass is 9.94. The van der Waals surface area contributed by atoms with Gasteiger partial charge in [0.25, 0.3) is 0 Å². The lowest BCUT2D eigenvalue weighted by molar-refractivity contribution is 0.732. The third-order valence-electron chi connectivity index (χ3n) is 3.77. The molecule has 0 heterocycles. The summed E-state index contributed by atoms with van der Waals surface area (Å²) in [4.78, 5) is 0. The maximum Gasteiger partial charge on any atom is 0.0562 e. The van der Waals surface area contributed by atoms with Crippen LogP contribution in [0.3, 0.4) is 0 Å². The van der Waals surface area contributed by atoms with Crippen molar-refractivity contribution >= 4 is 31.9 Å². The van der Waals surface area contributed by atoms with Gasteiger partial charge < -0.3 is 5.73 Å². The van der Waals surface area contributed by atoms with Crippen molar-refractivity contribution in [3.63, 3.8) is 0 Å². The van der Waals surface area contributed by atoms with E-state index < -0.39 is 0 Å². The van der Waals surface area contributed by atoms with Gasteiger partial charge in [0, 0.05) is 8.95 Å². The molecule has 106 valence electrons. The zero-order valence-corrected chi connectivity index (χ0v) is 14.9. The predicted octanol–water partition coefficient (Wildman–Crippen LogP) is 5.77. The fraction of sp³-hybridized carbons (Fsp3) is 0.294. The van der Waals surface area contributed by atoms with Gasteiger partial charge in [0.2, 0.25) is 0 Å². The minimum absolute atomic E-state index is 0.108. The van der Waals surface area contributed by atoms with Crippen molar-refractivity contribution in [1.82, 2.24) is 0 Å². The van der Waals surface area contributed by atoms with Crippen LogP contribution >= 0.6 is 31.9 Å². The van der Waals surface area contributed by atoms with E-state index in [1.165, 1.54) is 5.56 Å². The van der Waals surface area contributed by atoms with Crippen LogP contribution in [-0.4, -0.2) is 0 Å². The number of nitrogens with two attached hydrogens (primary N) is 1. The first-order chi connectivity index (χ1) is 9.52. The summed E-state index contributed by atoms with van der Waals surface area (Å²) in [6.07, 6.45) is 1.16. The maximum absolute atomic E-state index is 6.38. The monoisotopic (exact) mass is 395 g/mol. The van der Waals surface area contributed by atoms with Crippen molar-refractivity contribution in [2.24, 2.45) is 5.73 Å². The molecule has 0 fully saturated rings. The van der Waals surface area contributed by atoms with Crippen LogP contribution in [0, 0.1) is 0 Å². The molecule has 0 saturated heterocycles. The highest BCUT2D eigenvalue weighted by Crippen LogP contribution is 2.30. The molecule has 0 aliphatic rings. The van der Waals surface area contributed by atoms with Gasteiger partial charge >= 0.3 is 0 Å². The van der Waals surface area contributed by atoms with Crippen LogP contribution in [0.15, 0.2) is 51.4 Å². The lowest BCUT2D eigenvalue weighted by Gasteiger charge is -2.16. The molecular formula is C17H19Br2N. The second-order valence-electron chi connectivity index (χ2n) is 5.12. The summed E-state index contributed by atoms with van der Waals surface area (Å²) in [6.45, 7) is 4.46. The summed E-state index contributed by atoms with van der Waals surface area (Å²) in [5, 5.41) is 0. The topological polar surface area (TPSA) is 26.0 Å². The molecule has 0 aromatic heterocycles. The van der Waals surface area contributed by atoms with Crippen LogP contribution in [-0.2, 0) is 0 Å². The fourth-order valence-corrected chi connectivity index (χ4v) is 3.49. The van der Waals surface area contributed by atoms with Crippen molar-refractivity contribution < 1.29 is 0 Å². The Kier molecular flexibility index (Phi) is 5.42. The molecule has 2 unspecified atom stereocenters.